The zero-order valence-corrected chi connectivity index (χ0v) is 9.64. The number of nitrogens with zero attached hydrogens (tertiary/aromatic N) is 2. The maximum Gasteiger partial charge on any atom is 0.307 e. The fourth-order valence-electron chi connectivity index (χ4n) is 1.36. The van der Waals surface area contributed by atoms with Gasteiger partial charge in [0.1, 0.15) is 22.5 Å². The van der Waals surface area contributed by atoms with Crippen molar-refractivity contribution < 1.29 is 3.96 Å². The summed E-state index contributed by atoms with van der Waals surface area (Å²) in [6.07, 6.45) is 0. The van der Waals surface area contributed by atoms with E-state index in [4.69, 9.17) is 16.9 Å². The summed E-state index contributed by atoms with van der Waals surface area (Å²) >= 11 is 7.50. The zero-order valence-electron chi connectivity index (χ0n) is 8.07. The summed E-state index contributed by atoms with van der Waals surface area (Å²) < 4.78 is 1.79. The summed E-state index contributed by atoms with van der Waals surface area (Å²) in [5, 5.41) is 9.53. The summed E-state index contributed by atoms with van der Waals surface area (Å²) in [7, 11) is 1.85. The smallest absolute Gasteiger partial charge is 0.192 e. The minimum absolute atomic E-state index is 0.501. The van der Waals surface area contributed by atoms with Gasteiger partial charge in [0.2, 0.25) is 0 Å². The van der Waals surface area contributed by atoms with Crippen LogP contribution in [0.2, 0.25) is 5.15 Å². The van der Waals surface area contributed by atoms with Gasteiger partial charge in [0.15, 0.2) is 12.6 Å². The molecule has 0 fully saturated rings. The van der Waals surface area contributed by atoms with E-state index in [2.05, 4.69) is 6.07 Å². The predicted molar refractivity (Wildman–Crippen MR) is 60.7 cm³/mol. The van der Waals surface area contributed by atoms with Crippen LogP contribution >= 0.6 is 23.1 Å². The third-order valence-electron chi connectivity index (χ3n) is 2.09. The Hall–Kier alpha value is -1.37. The summed E-state index contributed by atoms with van der Waals surface area (Å²) in [6, 6.07) is 11.9. The maximum absolute atomic E-state index is 9.03. The topological polar surface area (TPSA) is 27.7 Å². The molecule has 2 rings (SSSR count). The number of nitriles is 1. The van der Waals surface area contributed by atoms with Gasteiger partial charge < -0.3 is 0 Å². The largest absolute Gasteiger partial charge is 0.307 e. The lowest BCUT2D eigenvalue weighted by Crippen LogP contribution is -2.22. The Bertz CT molecular complexity index is 526. The van der Waals surface area contributed by atoms with Crippen molar-refractivity contribution in [3.63, 3.8) is 0 Å². The summed E-state index contributed by atoms with van der Waals surface area (Å²) in [5.41, 5.74) is 1.58. The summed E-state index contributed by atoms with van der Waals surface area (Å²) in [6.45, 7) is 0. The van der Waals surface area contributed by atoms with Crippen molar-refractivity contribution in [1.29, 1.82) is 5.26 Å². The van der Waals surface area contributed by atoms with Crippen LogP contribution < -0.4 is 3.96 Å². The number of hydrogen-bond acceptors (Lipinski definition) is 2. The molecule has 0 N–H and O–H groups in total. The fourth-order valence-corrected chi connectivity index (χ4v) is 2.57. The minimum Gasteiger partial charge on any atom is -0.192 e. The zero-order chi connectivity index (χ0) is 10.8. The molecule has 0 bridgehead atoms. The third-order valence-corrected chi connectivity index (χ3v) is 3.71. The quantitative estimate of drug-likeness (QED) is 0.699. The van der Waals surface area contributed by atoms with Gasteiger partial charge in [-0.1, -0.05) is 30.3 Å². The van der Waals surface area contributed by atoms with Crippen LogP contribution in [0, 0.1) is 11.3 Å². The molecule has 0 saturated heterocycles. The van der Waals surface area contributed by atoms with E-state index in [0.717, 1.165) is 10.4 Å². The fraction of sp³-hybridized carbons (Fsp3) is 0.0909. The van der Waals surface area contributed by atoms with Crippen molar-refractivity contribution in [2.24, 2.45) is 7.05 Å². The molecule has 0 saturated carbocycles. The highest BCUT2D eigenvalue weighted by atomic mass is 35.5. The van der Waals surface area contributed by atoms with Crippen molar-refractivity contribution in [2.45, 2.75) is 0 Å². The van der Waals surface area contributed by atoms with E-state index in [1.807, 2.05) is 37.4 Å². The van der Waals surface area contributed by atoms with E-state index < -0.39 is 0 Å². The van der Waals surface area contributed by atoms with Crippen molar-refractivity contribution in [2.75, 3.05) is 0 Å². The first kappa shape index (κ1) is 10.2. The van der Waals surface area contributed by atoms with Gasteiger partial charge in [-0.15, -0.1) is 3.96 Å². The molecule has 0 atom stereocenters. The lowest BCUT2D eigenvalue weighted by Gasteiger charge is -1.92. The number of aryl methyl sites for hydroxylation is 1. The highest BCUT2D eigenvalue weighted by Crippen LogP contribution is 2.30. The molecule has 2 nitrogen and oxygen atoms in total. The normalized spacial score (nSPS) is 9.93. The lowest BCUT2D eigenvalue weighted by atomic mass is 10.1. The molecule has 1 heterocycles. The van der Waals surface area contributed by atoms with Gasteiger partial charge in [0, 0.05) is 0 Å². The molecule has 0 aliphatic carbocycles. The van der Waals surface area contributed by atoms with Gasteiger partial charge in [-0.3, -0.25) is 0 Å². The monoisotopic (exact) mass is 235 g/mol. The first-order valence-corrected chi connectivity index (χ1v) is 5.53. The lowest BCUT2D eigenvalue weighted by molar-refractivity contribution is -0.598. The third kappa shape index (κ3) is 1.74. The Morgan fingerprint density at radius 3 is 2.60 bits per heavy atom. The van der Waals surface area contributed by atoms with Gasteiger partial charge >= 0.3 is 5.15 Å². The van der Waals surface area contributed by atoms with Gasteiger partial charge in [-0.25, -0.2) is 0 Å². The van der Waals surface area contributed by atoms with Crippen LogP contribution in [0.1, 0.15) is 5.56 Å². The van der Waals surface area contributed by atoms with Crippen LogP contribution in [0.15, 0.2) is 30.3 Å². The number of rotatable bonds is 1. The number of benzene rings is 1. The first-order valence-electron chi connectivity index (χ1n) is 4.38. The Labute approximate surface area is 97.1 Å². The molecule has 74 valence electrons. The van der Waals surface area contributed by atoms with Crippen molar-refractivity contribution in [3.8, 4) is 16.5 Å². The summed E-state index contributed by atoms with van der Waals surface area (Å²) in [5.74, 6) is 0. The Morgan fingerprint density at radius 1 is 1.33 bits per heavy atom. The second kappa shape index (κ2) is 4.01. The Kier molecular flexibility index (Phi) is 2.72. The Balaban J connectivity index is 2.65. The van der Waals surface area contributed by atoms with Gasteiger partial charge in [0.05, 0.1) is 0 Å². The molecule has 4 heteroatoms. The average Bonchev–Trinajstić information content (AvgIpc) is 2.56. The standard InChI is InChI=1S/C11H8ClN2S/c1-14-11(12)9(7-13)10(15-14)8-5-3-2-4-6-8/h2-6H,1H3/q+1. The van der Waals surface area contributed by atoms with Gasteiger partial charge in [-0.05, 0) is 17.2 Å². The van der Waals surface area contributed by atoms with Crippen molar-refractivity contribution in [1.82, 2.24) is 0 Å². The molecule has 1 aromatic heterocycles. The molecule has 2 aromatic rings. The second-order valence-electron chi connectivity index (χ2n) is 3.06. The second-order valence-corrected chi connectivity index (χ2v) is 4.56. The molecule has 0 aliphatic rings. The van der Waals surface area contributed by atoms with Crippen LogP contribution in [0.5, 0.6) is 0 Å². The molecule has 0 radical (unpaired) electrons. The van der Waals surface area contributed by atoms with E-state index in [1.54, 1.807) is 3.96 Å². The summed E-state index contributed by atoms with van der Waals surface area (Å²) in [4.78, 5) is 0.922. The maximum atomic E-state index is 9.03. The predicted octanol–water partition coefficient (Wildman–Crippen LogP) is 2.76. The van der Waals surface area contributed by atoms with E-state index in [-0.39, 0.29) is 0 Å². The minimum atomic E-state index is 0.501. The van der Waals surface area contributed by atoms with Crippen LogP contribution in [0.25, 0.3) is 10.4 Å². The highest BCUT2D eigenvalue weighted by Gasteiger charge is 2.22. The molecule has 0 aliphatic heterocycles. The first-order chi connectivity index (χ1) is 7.24. The Morgan fingerprint density at radius 2 is 2.00 bits per heavy atom. The van der Waals surface area contributed by atoms with Gasteiger partial charge in [0.25, 0.3) is 0 Å². The van der Waals surface area contributed by atoms with Gasteiger partial charge in [-0.2, -0.15) is 5.26 Å². The number of halogens is 1. The molecular formula is C11H8ClN2S+. The average molecular weight is 236 g/mol. The molecule has 0 spiro atoms. The number of hydrogen-bond donors (Lipinski definition) is 0. The number of aromatic nitrogens is 1. The van der Waals surface area contributed by atoms with Crippen LogP contribution in [0.3, 0.4) is 0 Å². The van der Waals surface area contributed by atoms with Crippen molar-refractivity contribution in [3.05, 3.63) is 41.0 Å². The van der Waals surface area contributed by atoms with E-state index in [9.17, 15) is 0 Å². The van der Waals surface area contributed by atoms with Crippen molar-refractivity contribution >= 4 is 23.1 Å². The van der Waals surface area contributed by atoms with E-state index >= 15 is 0 Å². The SMILES string of the molecule is C[n+]1sc(-c2ccccc2)c(C#N)c1Cl. The van der Waals surface area contributed by atoms with E-state index in [0.29, 0.717) is 10.7 Å². The molecule has 0 unspecified atom stereocenters. The van der Waals surface area contributed by atoms with E-state index in [1.165, 1.54) is 11.5 Å². The van der Waals surface area contributed by atoms with Crippen LogP contribution in [-0.2, 0) is 7.05 Å². The molecule has 0 amide bonds. The molecule has 1 aromatic carbocycles. The molecule has 15 heavy (non-hydrogen) atoms. The van der Waals surface area contributed by atoms with Crippen LogP contribution in [-0.4, -0.2) is 0 Å². The van der Waals surface area contributed by atoms with Crippen LogP contribution in [0.4, 0.5) is 0 Å². The molecular weight excluding hydrogens is 228 g/mol. The highest BCUT2D eigenvalue weighted by molar-refractivity contribution is 7.06.